The topological polar surface area (TPSA) is 146 Å². The lowest BCUT2D eigenvalue weighted by molar-refractivity contribution is 0.122. The van der Waals surface area contributed by atoms with Crippen molar-refractivity contribution in [1.82, 2.24) is 19.9 Å². The van der Waals surface area contributed by atoms with Gasteiger partial charge in [-0.15, -0.1) is 0 Å². The molecular formula is C23H23N9O2. The predicted molar refractivity (Wildman–Crippen MR) is 125 cm³/mol. The van der Waals surface area contributed by atoms with E-state index in [-0.39, 0.29) is 0 Å². The van der Waals surface area contributed by atoms with Gasteiger partial charge in [0, 0.05) is 48.8 Å². The number of carbonyl (C=O) groups excluding carboxylic acids is 1. The first kappa shape index (κ1) is 21.5. The molecule has 11 heteroatoms. The van der Waals surface area contributed by atoms with Gasteiger partial charge in [0.15, 0.2) is 17.3 Å². The maximum Gasteiger partial charge on any atom is 0.316 e. The third-order valence-corrected chi connectivity index (χ3v) is 5.85. The molecule has 0 radical (unpaired) electrons. The molecule has 0 bridgehead atoms. The van der Waals surface area contributed by atoms with E-state index in [1.54, 1.807) is 18.3 Å². The first-order valence-corrected chi connectivity index (χ1v) is 11.0. The largest absolute Gasteiger partial charge is 0.378 e. The van der Waals surface area contributed by atoms with Crippen molar-refractivity contribution >= 4 is 23.4 Å². The highest BCUT2D eigenvalue weighted by atomic mass is 16.5. The van der Waals surface area contributed by atoms with Gasteiger partial charge >= 0.3 is 6.03 Å². The lowest BCUT2D eigenvalue weighted by Gasteiger charge is -2.34. The van der Waals surface area contributed by atoms with Gasteiger partial charge in [-0.1, -0.05) is 0 Å². The van der Waals surface area contributed by atoms with Crippen LogP contribution in [-0.4, -0.2) is 58.8 Å². The monoisotopic (exact) mass is 457 g/mol. The predicted octanol–water partition coefficient (Wildman–Crippen LogP) is 1.70. The van der Waals surface area contributed by atoms with Gasteiger partial charge in [-0.05, 0) is 30.7 Å². The molecule has 2 aliphatic rings. The number of nitrogens with one attached hydrogen (secondary N) is 1. The molecule has 5 rings (SSSR count). The second-order valence-electron chi connectivity index (χ2n) is 7.97. The summed E-state index contributed by atoms with van der Waals surface area (Å²) >= 11 is 0. The Balaban J connectivity index is 1.54. The minimum atomic E-state index is -0.617. The van der Waals surface area contributed by atoms with Crippen LogP contribution in [0.3, 0.4) is 0 Å². The molecule has 3 N–H and O–H groups in total. The molecule has 2 aliphatic heterocycles. The summed E-state index contributed by atoms with van der Waals surface area (Å²) in [6, 6.07) is 8.75. The number of anilines is 3. The molecule has 3 aromatic rings. The molecule has 0 atom stereocenters. The molecule has 0 unspecified atom stereocenters. The number of hydrogen-bond acceptors (Lipinski definition) is 9. The van der Waals surface area contributed by atoms with E-state index >= 15 is 0 Å². The third kappa shape index (κ3) is 4.31. The number of nitrogens with two attached hydrogens (primary N) is 1. The summed E-state index contributed by atoms with van der Waals surface area (Å²) in [6.45, 7) is 4.01. The highest BCUT2D eigenvalue weighted by molar-refractivity contribution is 5.88. The average Bonchev–Trinajstić information content (AvgIpc) is 2.88. The SMILES string of the molecule is N#Cc1nccnc1N1CCc2c(nc(-c3ccc(NC(N)=O)cc3)nc2N2CCOCC2)C1. The summed E-state index contributed by atoms with van der Waals surface area (Å²) in [7, 11) is 0. The molecule has 34 heavy (non-hydrogen) atoms. The number of carbonyl (C=O) groups is 1. The Kier molecular flexibility index (Phi) is 5.88. The van der Waals surface area contributed by atoms with Crippen LogP contribution in [0.5, 0.6) is 0 Å². The van der Waals surface area contributed by atoms with Crippen LogP contribution in [0.4, 0.5) is 22.1 Å². The van der Waals surface area contributed by atoms with E-state index in [1.807, 2.05) is 17.0 Å². The van der Waals surface area contributed by atoms with E-state index in [4.69, 9.17) is 20.4 Å². The Bertz CT molecular complexity index is 1250. The van der Waals surface area contributed by atoms with Gasteiger partial charge in [-0.3, -0.25) is 0 Å². The summed E-state index contributed by atoms with van der Waals surface area (Å²) in [5.41, 5.74) is 8.93. The minimum Gasteiger partial charge on any atom is -0.378 e. The van der Waals surface area contributed by atoms with Crippen LogP contribution in [0, 0.1) is 11.3 Å². The normalized spacial score (nSPS) is 15.4. The lowest BCUT2D eigenvalue weighted by Crippen LogP contribution is -2.40. The molecule has 2 aromatic heterocycles. The van der Waals surface area contributed by atoms with Gasteiger partial charge in [-0.25, -0.2) is 24.7 Å². The van der Waals surface area contributed by atoms with E-state index in [0.717, 1.165) is 42.1 Å². The Labute approximate surface area is 196 Å². The van der Waals surface area contributed by atoms with Gasteiger partial charge in [0.05, 0.1) is 25.5 Å². The zero-order valence-electron chi connectivity index (χ0n) is 18.4. The zero-order chi connectivity index (χ0) is 23.5. The Morgan fingerprint density at radius 3 is 2.53 bits per heavy atom. The van der Waals surface area contributed by atoms with Gasteiger partial charge < -0.3 is 25.6 Å². The standard InChI is InChI=1S/C23H23N9O2/c24-13-18-22(27-7-6-26-18)32-8-5-17-19(14-32)29-20(30-21(17)31-9-11-34-12-10-31)15-1-3-16(4-2-15)28-23(25)33/h1-4,6-7H,5,8-12,14H2,(H3,25,28,33). The molecular weight excluding hydrogens is 434 g/mol. The fraction of sp³-hybridized carbons (Fsp3) is 0.304. The number of amides is 2. The number of urea groups is 1. The van der Waals surface area contributed by atoms with Gasteiger partial charge in [0.1, 0.15) is 11.9 Å². The number of morpholine rings is 1. The van der Waals surface area contributed by atoms with Crippen LogP contribution in [0.25, 0.3) is 11.4 Å². The van der Waals surface area contributed by atoms with E-state index < -0.39 is 6.03 Å². The molecule has 1 saturated heterocycles. The van der Waals surface area contributed by atoms with Crippen molar-refractivity contribution in [2.24, 2.45) is 5.73 Å². The fourth-order valence-electron chi connectivity index (χ4n) is 4.24. The number of aromatic nitrogens is 4. The Hall–Kier alpha value is -4.30. The fourth-order valence-corrected chi connectivity index (χ4v) is 4.24. The molecule has 4 heterocycles. The van der Waals surface area contributed by atoms with Crippen molar-refractivity contribution in [3.8, 4) is 17.5 Å². The molecule has 0 spiro atoms. The number of hydrogen-bond donors (Lipinski definition) is 2. The summed E-state index contributed by atoms with van der Waals surface area (Å²) in [6.07, 6.45) is 3.84. The first-order valence-electron chi connectivity index (χ1n) is 11.0. The van der Waals surface area contributed by atoms with Crippen molar-refractivity contribution in [3.63, 3.8) is 0 Å². The van der Waals surface area contributed by atoms with E-state index in [1.165, 1.54) is 6.20 Å². The molecule has 0 saturated carbocycles. The molecule has 0 aliphatic carbocycles. The number of rotatable bonds is 4. The number of nitriles is 1. The van der Waals surface area contributed by atoms with Crippen molar-refractivity contribution in [2.75, 3.05) is 48.0 Å². The Morgan fingerprint density at radius 1 is 1.03 bits per heavy atom. The molecule has 172 valence electrons. The van der Waals surface area contributed by atoms with Crippen LogP contribution in [-0.2, 0) is 17.7 Å². The van der Waals surface area contributed by atoms with Gasteiger partial charge in [0.2, 0.25) is 0 Å². The van der Waals surface area contributed by atoms with Crippen LogP contribution >= 0.6 is 0 Å². The van der Waals surface area contributed by atoms with Crippen LogP contribution in [0.1, 0.15) is 17.0 Å². The molecule has 1 aromatic carbocycles. The summed E-state index contributed by atoms with van der Waals surface area (Å²) < 4.78 is 5.54. The average molecular weight is 457 g/mol. The number of fused-ring (bicyclic) bond motifs is 1. The van der Waals surface area contributed by atoms with Crippen molar-refractivity contribution in [1.29, 1.82) is 5.26 Å². The van der Waals surface area contributed by atoms with Gasteiger partial charge in [0.25, 0.3) is 0 Å². The second-order valence-corrected chi connectivity index (χ2v) is 7.97. The van der Waals surface area contributed by atoms with Crippen LogP contribution < -0.4 is 20.9 Å². The summed E-state index contributed by atoms with van der Waals surface area (Å²) in [4.78, 5) is 33.8. The highest BCUT2D eigenvalue weighted by Crippen LogP contribution is 2.32. The molecule has 11 nitrogen and oxygen atoms in total. The highest BCUT2D eigenvalue weighted by Gasteiger charge is 2.28. The maximum absolute atomic E-state index is 11.1. The van der Waals surface area contributed by atoms with Crippen molar-refractivity contribution in [3.05, 3.63) is 53.6 Å². The zero-order valence-corrected chi connectivity index (χ0v) is 18.4. The van der Waals surface area contributed by atoms with E-state index in [9.17, 15) is 10.1 Å². The van der Waals surface area contributed by atoms with Crippen LogP contribution in [0.2, 0.25) is 0 Å². The Morgan fingerprint density at radius 2 is 1.79 bits per heavy atom. The van der Waals surface area contributed by atoms with E-state index in [2.05, 4.69) is 26.3 Å². The quantitative estimate of drug-likeness (QED) is 0.597. The third-order valence-electron chi connectivity index (χ3n) is 5.85. The number of nitrogens with zero attached hydrogens (tertiary/aromatic N) is 7. The van der Waals surface area contributed by atoms with Crippen molar-refractivity contribution < 1.29 is 9.53 Å². The summed E-state index contributed by atoms with van der Waals surface area (Å²) in [5, 5.41) is 12.0. The number of ether oxygens (including phenoxy) is 1. The number of benzene rings is 1. The number of primary amides is 1. The first-order chi connectivity index (χ1) is 16.6. The van der Waals surface area contributed by atoms with Gasteiger partial charge in [-0.2, -0.15) is 5.26 Å². The molecule has 1 fully saturated rings. The van der Waals surface area contributed by atoms with E-state index in [0.29, 0.717) is 49.3 Å². The smallest absolute Gasteiger partial charge is 0.316 e. The lowest BCUT2D eigenvalue weighted by atomic mass is 10.0. The summed E-state index contributed by atoms with van der Waals surface area (Å²) in [5.74, 6) is 2.07. The maximum atomic E-state index is 11.1. The van der Waals surface area contributed by atoms with Crippen molar-refractivity contribution in [2.45, 2.75) is 13.0 Å². The van der Waals surface area contributed by atoms with Crippen LogP contribution in [0.15, 0.2) is 36.7 Å². The molecule has 2 amide bonds. The minimum absolute atomic E-state index is 0.297. The second kappa shape index (κ2) is 9.29.